The normalized spacial score (nSPS) is 12.4. The predicted octanol–water partition coefficient (Wildman–Crippen LogP) is 17.3. The first kappa shape index (κ1) is 95.8. The lowest BCUT2D eigenvalue weighted by Gasteiger charge is -2.16. The summed E-state index contributed by atoms with van der Waals surface area (Å²) in [6.07, 6.45) is 53.9. The summed E-state index contributed by atoms with van der Waals surface area (Å²) < 4.78 is 57.9. The van der Waals surface area contributed by atoms with Gasteiger partial charge in [-0.25, -0.2) is 14.4 Å². The number of hydrogen-bond donors (Lipinski definition) is 4. The predicted molar refractivity (Wildman–Crippen MR) is 371 cm³/mol. The molecule has 0 aliphatic heterocycles. The van der Waals surface area contributed by atoms with Crippen molar-refractivity contribution in [2.45, 2.75) is 328 Å². The molecule has 0 aromatic rings. The Balaban J connectivity index is -0.000000562. The summed E-state index contributed by atoms with van der Waals surface area (Å²) in [5.74, 6) is -3.72. The average molecular weight is 1330 g/mol. The molecule has 92 heavy (non-hydrogen) atoms. The van der Waals surface area contributed by atoms with Crippen LogP contribution in [-0.4, -0.2) is 190 Å². The van der Waals surface area contributed by atoms with Crippen molar-refractivity contribution in [3.63, 3.8) is 0 Å². The third kappa shape index (κ3) is 89.5. The highest BCUT2D eigenvalue weighted by molar-refractivity contribution is 5.68. The van der Waals surface area contributed by atoms with Gasteiger partial charge in [0.05, 0.1) is 65.4 Å². The Morgan fingerprint density at radius 2 is 0.467 bits per heavy atom. The van der Waals surface area contributed by atoms with Crippen LogP contribution < -0.4 is 0 Å². The van der Waals surface area contributed by atoms with E-state index in [0.717, 1.165) is 32.1 Å². The molecule has 0 aliphatic carbocycles. The molecule has 0 saturated carbocycles. The molecule has 0 aliphatic rings. The fraction of sp³-hybridized carbons (Fsp3) is 0.945. The van der Waals surface area contributed by atoms with Crippen LogP contribution in [0.2, 0.25) is 0 Å². The van der Waals surface area contributed by atoms with Crippen molar-refractivity contribution < 1.29 is 91.7 Å². The first-order valence-corrected chi connectivity index (χ1v) is 36.8. The number of carbonyl (C=O) groups is 4. The summed E-state index contributed by atoms with van der Waals surface area (Å²) in [4.78, 5) is 41.9. The van der Waals surface area contributed by atoms with E-state index >= 15 is 0 Å². The molecule has 0 saturated heterocycles. The average Bonchev–Trinajstić information content (AvgIpc) is 3.73. The van der Waals surface area contributed by atoms with Gasteiger partial charge in [-0.3, -0.25) is 4.79 Å². The second-order valence-corrected chi connectivity index (χ2v) is 24.5. The summed E-state index contributed by atoms with van der Waals surface area (Å²) in [6.45, 7) is 13.2. The molecule has 552 valence electrons. The standard InChI is InChI=1S/C20H40O4.C19H38O5.C18H36O5.C16H32O5/c1-3-4-5-6-7-8-9-10-11-12-13-14-15-19(18-23-2)24-17-16-20(21)22;1-3-4-5-6-7-8-9-10-11-12-13-14-23-16-18(15-22-2)24-17-19(20)21;1-3-4-5-6-7-8-9-10-11-12-13-22-15-17(14-21-2)23-16-18(19)20;1-3-4-5-6-7-8-9-10-11-20-13-15(12-19-2)21-14-16(17)18/h19H,3-18H2,1-2H3,(H,21,22);18H,3-17H2,1-2H3,(H,20,21);17H,3-16H2,1-2H3,(H,19,20);15H,3-14H2,1-2H3,(H,17,18). The number of carboxylic acids is 4. The van der Waals surface area contributed by atoms with E-state index in [-0.39, 0.29) is 57.3 Å². The maximum Gasteiger partial charge on any atom is 0.329 e. The topological polar surface area (TPSA) is 251 Å². The molecule has 19 heteroatoms. The van der Waals surface area contributed by atoms with Gasteiger partial charge >= 0.3 is 23.9 Å². The SMILES string of the molecule is CCCCCCCCCCCCCCC(COC)OCCC(=O)O.CCCCCCCCCCCCCOCC(COC)OCC(=O)O.CCCCCCCCCCCCOCC(COC)OCC(=O)O.CCCCCCCCCCOCC(COC)OCC(=O)O. The monoisotopic (exact) mass is 1330 g/mol. The summed E-state index contributed by atoms with van der Waals surface area (Å²) in [6, 6.07) is 0. The summed E-state index contributed by atoms with van der Waals surface area (Å²) in [5, 5.41) is 34.4. The third-order valence-electron chi connectivity index (χ3n) is 15.4. The second kappa shape index (κ2) is 84.5. The van der Waals surface area contributed by atoms with Crippen LogP contribution in [0.4, 0.5) is 0 Å². The van der Waals surface area contributed by atoms with Gasteiger partial charge in [0.25, 0.3) is 0 Å². The summed E-state index contributed by atoms with van der Waals surface area (Å²) >= 11 is 0. The lowest BCUT2D eigenvalue weighted by atomic mass is 10.0. The molecule has 0 aromatic carbocycles. The maximum atomic E-state index is 10.5. The molecule has 0 rings (SSSR count). The van der Waals surface area contributed by atoms with E-state index < -0.39 is 23.9 Å². The second-order valence-electron chi connectivity index (χ2n) is 24.5. The van der Waals surface area contributed by atoms with Crippen LogP contribution in [0.5, 0.6) is 0 Å². The van der Waals surface area contributed by atoms with Crippen LogP contribution >= 0.6 is 0 Å². The molecule has 0 bridgehead atoms. The minimum Gasteiger partial charge on any atom is -0.481 e. The van der Waals surface area contributed by atoms with Crippen LogP contribution in [0.15, 0.2) is 0 Å². The maximum absolute atomic E-state index is 10.5. The van der Waals surface area contributed by atoms with Gasteiger partial charge in [-0.2, -0.15) is 0 Å². The molecule has 0 radical (unpaired) electrons. The summed E-state index contributed by atoms with van der Waals surface area (Å²) in [7, 11) is 6.37. The number of hydrogen-bond acceptors (Lipinski definition) is 15. The first-order chi connectivity index (χ1) is 44.8. The Morgan fingerprint density at radius 1 is 0.250 bits per heavy atom. The number of carboxylic acid groups (broad SMARTS) is 4. The molecule has 0 amide bonds. The number of unbranched alkanes of at least 4 members (excludes halogenated alkanes) is 37. The van der Waals surface area contributed by atoms with Crippen molar-refractivity contribution in [2.24, 2.45) is 0 Å². The Kier molecular flexibility index (Phi) is 88.0. The molecule has 0 spiro atoms. The highest BCUT2D eigenvalue weighted by atomic mass is 16.6. The van der Waals surface area contributed by atoms with Gasteiger partial charge in [0.1, 0.15) is 38.1 Å². The molecule has 19 nitrogen and oxygen atoms in total. The van der Waals surface area contributed by atoms with Crippen molar-refractivity contribution in [1.82, 2.24) is 0 Å². The van der Waals surface area contributed by atoms with Gasteiger partial charge in [-0.15, -0.1) is 0 Å². The number of rotatable bonds is 72. The van der Waals surface area contributed by atoms with Crippen molar-refractivity contribution in [2.75, 3.05) is 121 Å². The van der Waals surface area contributed by atoms with Crippen LogP contribution in [-0.2, 0) is 71.3 Å². The van der Waals surface area contributed by atoms with E-state index in [9.17, 15) is 19.2 Å². The molecule has 4 unspecified atom stereocenters. The first-order valence-electron chi connectivity index (χ1n) is 36.8. The van der Waals surface area contributed by atoms with E-state index in [1.54, 1.807) is 28.4 Å². The van der Waals surface area contributed by atoms with Crippen molar-refractivity contribution in [3.8, 4) is 0 Å². The van der Waals surface area contributed by atoms with Crippen molar-refractivity contribution in [1.29, 1.82) is 0 Å². The Labute approximate surface area is 562 Å². The quantitative estimate of drug-likeness (QED) is 0.0413. The highest BCUT2D eigenvalue weighted by Gasteiger charge is 2.15. The molecule has 4 atom stereocenters. The van der Waals surface area contributed by atoms with Gasteiger partial charge in [0.2, 0.25) is 0 Å². The molecular formula is C73H146O19. The fourth-order valence-electron chi connectivity index (χ4n) is 10.0. The Morgan fingerprint density at radius 3 is 0.685 bits per heavy atom. The third-order valence-corrected chi connectivity index (χ3v) is 15.4. The van der Waals surface area contributed by atoms with E-state index in [1.807, 2.05) is 0 Å². The van der Waals surface area contributed by atoms with Crippen LogP contribution in [0.1, 0.15) is 304 Å². The Bertz CT molecular complexity index is 1450. The molecule has 0 heterocycles. The Hall–Kier alpha value is -2.56. The smallest absolute Gasteiger partial charge is 0.329 e. The van der Waals surface area contributed by atoms with E-state index in [0.29, 0.717) is 66.1 Å². The number of ether oxygens (including phenoxy) is 11. The zero-order valence-electron chi connectivity index (χ0n) is 60.5. The zero-order chi connectivity index (χ0) is 68.7. The van der Waals surface area contributed by atoms with Crippen LogP contribution in [0.3, 0.4) is 0 Å². The molecule has 4 N–H and O–H groups in total. The largest absolute Gasteiger partial charge is 0.481 e. The van der Waals surface area contributed by atoms with Crippen molar-refractivity contribution >= 4 is 23.9 Å². The van der Waals surface area contributed by atoms with Gasteiger partial charge in [0, 0.05) is 48.3 Å². The van der Waals surface area contributed by atoms with Crippen LogP contribution in [0, 0.1) is 0 Å². The molecule has 0 aromatic heterocycles. The lowest BCUT2D eigenvalue weighted by molar-refractivity contribution is -0.148. The fourth-order valence-corrected chi connectivity index (χ4v) is 10.0. The molecular weight excluding hydrogens is 1180 g/mol. The van der Waals surface area contributed by atoms with Gasteiger partial charge in [-0.1, -0.05) is 272 Å². The molecule has 0 fully saturated rings. The zero-order valence-corrected chi connectivity index (χ0v) is 60.5. The minimum atomic E-state index is -0.973. The van der Waals surface area contributed by atoms with Crippen LogP contribution in [0.25, 0.3) is 0 Å². The minimum absolute atomic E-state index is 0.0393. The van der Waals surface area contributed by atoms with Gasteiger partial charge in [0.15, 0.2) is 0 Å². The van der Waals surface area contributed by atoms with Gasteiger partial charge in [-0.05, 0) is 25.7 Å². The van der Waals surface area contributed by atoms with E-state index in [4.69, 9.17) is 72.5 Å². The van der Waals surface area contributed by atoms with Crippen molar-refractivity contribution in [3.05, 3.63) is 0 Å². The lowest BCUT2D eigenvalue weighted by Crippen LogP contribution is -2.27. The highest BCUT2D eigenvalue weighted by Crippen LogP contribution is 2.16. The van der Waals surface area contributed by atoms with E-state index in [1.165, 1.54) is 238 Å². The number of aliphatic carboxylic acids is 4. The number of methoxy groups -OCH3 is 4. The van der Waals surface area contributed by atoms with Gasteiger partial charge < -0.3 is 72.5 Å². The van der Waals surface area contributed by atoms with E-state index in [2.05, 4.69) is 27.7 Å². The summed E-state index contributed by atoms with van der Waals surface area (Å²) in [5.41, 5.74) is 0.